The van der Waals surface area contributed by atoms with Crippen LogP contribution in [-0.2, 0) is 0 Å². The van der Waals surface area contributed by atoms with Crippen molar-refractivity contribution in [3.63, 3.8) is 0 Å². The highest BCUT2D eigenvalue weighted by Crippen LogP contribution is 2.23. The molecule has 1 aliphatic heterocycles. The number of hydrogen-bond acceptors (Lipinski definition) is 3. The van der Waals surface area contributed by atoms with E-state index in [2.05, 4.69) is 4.90 Å². The van der Waals surface area contributed by atoms with Gasteiger partial charge >= 0.3 is 0 Å². The van der Waals surface area contributed by atoms with E-state index in [1.54, 1.807) is 11.7 Å². The molecule has 0 radical (unpaired) electrons. The first-order valence-electron chi connectivity index (χ1n) is 6.14. The molecule has 1 fully saturated rings. The number of methoxy groups -OCH3 is 1. The summed E-state index contributed by atoms with van der Waals surface area (Å²) in [6, 6.07) is 7.67. The summed E-state index contributed by atoms with van der Waals surface area (Å²) in [7, 11) is 1.64. The van der Waals surface area contributed by atoms with Gasteiger partial charge in [-0.25, -0.2) is 0 Å². The molecule has 4 heteroatoms. The largest absolute Gasteiger partial charge is 0.497 e. The molecule has 0 bridgehead atoms. The molecule has 1 unspecified atom stereocenters. The maximum Gasteiger partial charge on any atom is 0.248 e. The second kappa shape index (κ2) is 4.14. The summed E-state index contributed by atoms with van der Waals surface area (Å²) >= 11 is 0. The molecular formula is C14H16N2O2. The molecule has 0 saturated carbocycles. The highest BCUT2D eigenvalue weighted by Gasteiger charge is 2.30. The number of nitrogens with zero attached hydrogens (tertiary/aromatic N) is 2. The fourth-order valence-corrected chi connectivity index (χ4v) is 2.24. The van der Waals surface area contributed by atoms with Gasteiger partial charge in [-0.1, -0.05) is 0 Å². The lowest BCUT2D eigenvalue weighted by Crippen LogP contribution is -2.30. The molecule has 0 N–H and O–H groups in total. The van der Waals surface area contributed by atoms with Crippen molar-refractivity contribution < 1.29 is 9.53 Å². The quantitative estimate of drug-likeness (QED) is 0.774. The number of benzene rings is 1. The van der Waals surface area contributed by atoms with Crippen molar-refractivity contribution in [1.82, 2.24) is 9.47 Å². The minimum absolute atomic E-state index is 0.0392. The van der Waals surface area contributed by atoms with Crippen LogP contribution in [0.5, 0.6) is 5.75 Å². The second-order valence-corrected chi connectivity index (χ2v) is 4.66. The Bertz CT molecular complexity index is 599. The van der Waals surface area contributed by atoms with E-state index in [-0.39, 0.29) is 11.9 Å². The molecule has 2 aromatic rings. The molecule has 1 aliphatic rings. The fourth-order valence-electron chi connectivity index (χ4n) is 2.24. The maximum atomic E-state index is 12.3. The summed E-state index contributed by atoms with van der Waals surface area (Å²) in [5.74, 6) is 0.944. The minimum atomic E-state index is -0.0392. The first kappa shape index (κ1) is 11.3. The number of carbonyl (C=O) groups excluding carboxylic acids is 1. The molecule has 1 aromatic heterocycles. The van der Waals surface area contributed by atoms with E-state index >= 15 is 0 Å². The van der Waals surface area contributed by atoms with Crippen LogP contribution in [0.3, 0.4) is 0 Å². The molecule has 3 rings (SSSR count). The Morgan fingerprint density at radius 3 is 2.78 bits per heavy atom. The standard InChI is InChI=1S/C14H16N2O2/c1-10(15-7-8-15)14(17)16-6-5-11-9-12(18-2)3-4-13(11)16/h3-6,9-10H,7-8H2,1-2H3. The van der Waals surface area contributed by atoms with Gasteiger partial charge in [0.05, 0.1) is 18.7 Å². The van der Waals surface area contributed by atoms with Crippen molar-refractivity contribution in [2.75, 3.05) is 20.2 Å². The number of aromatic nitrogens is 1. The van der Waals surface area contributed by atoms with Gasteiger partial charge in [0.1, 0.15) is 5.75 Å². The van der Waals surface area contributed by atoms with Crippen molar-refractivity contribution in [1.29, 1.82) is 0 Å². The maximum absolute atomic E-state index is 12.3. The summed E-state index contributed by atoms with van der Waals surface area (Å²) in [6.07, 6.45) is 1.84. The van der Waals surface area contributed by atoms with Gasteiger partial charge in [0.25, 0.3) is 0 Å². The summed E-state index contributed by atoms with van der Waals surface area (Å²) in [5.41, 5.74) is 0.939. The van der Waals surface area contributed by atoms with Crippen LogP contribution >= 0.6 is 0 Å². The number of carbonyl (C=O) groups is 1. The van der Waals surface area contributed by atoms with Crippen LogP contribution in [0.2, 0.25) is 0 Å². The van der Waals surface area contributed by atoms with Gasteiger partial charge in [-0.3, -0.25) is 14.3 Å². The Balaban J connectivity index is 1.99. The third kappa shape index (κ3) is 1.78. The number of ether oxygens (including phenoxy) is 1. The Morgan fingerprint density at radius 2 is 2.11 bits per heavy atom. The van der Waals surface area contributed by atoms with Crippen molar-refractivity contribution in [3.05, 3.63) is 30.5 Å². The van der Waals surface area contributed by atoms with Crippen LogP contribution < -0.4 is 4.74 Å². The molecule has 2 heterocycles. The van der Waals surface area contributed by atoms with Gasteiger partial charge in [0, 0.05) is 24.7 Å². The second-order valence-electron chi connectivity index (χ2n) is 4.66. The zero-order valence-electron chi connectivity index (χ0n) is 10.6. The van der Waals surface area contributed by atoms with E-state index in [9.17, 15) is 4.79 Å². The summed E-state index contributed by atoms with van der Waals surface area (Å²) in [4.78, 5) is 14.5. The van der Waals surface area contributed by atoms with Crippen LogP contribution in [0.25, 0.3) is 10.9 Å². The van der Waals surface area contributed by atoms with Crippen LogP contribution in [0.15, 0.2) is 30.5 Å². The van der Waals surface area contributed by atoms with Gasteiger partial charge in [-0.2, -0.15) is 0 Å². The predicted octanol–water partition coefficient (Wildman–Crippen LogP) is 1.99. The molecule has 18 heavy (non-hydrogen) atoms. The third-order valence-electron chi connectivity index (χ3n) is 3.52. The van der Waals surface area contributed by atoms with E-state index < -0.39 is 0 Å². The lowest BCUT2D eigenvalue weighted by Gasteiger charge is -2.12. The average Bonchev–Trinajstić information content (AvgIpc) is 3.16. The number of hydrogen-bond donors (Lipinski definition) is 0. The number of rotatable bonds is 3. The predicted molar refractivity (Wildman–Crippen MR) is 70.2 cm³/mol. The summed E-state index contributed by atoms with van der Waals surface area (Å²) < 4.78 is 6.92. The van der Waals surface area contributed by atoms with Crippen molar-refractivity contribution in [2.45, 2.75) is 13.0 Å². The molecule has 4 nitrogen and oxygen atoms in total. The highest BCUT2D eigenvalue weighted by atomic mass is 16.5. The van der Waals surface area contributed by atoms with E-state index in [4.69, 9.17) is 4.74 Å². The Morgan fingerprint density at radius 1 is 1.33 bits per heavy atom. The van der Waals surface area contributed by atoms with E-state index in [0.717, 1.165) is 29.7 Å². The van der Waals surface area contributed by atoms with Gasteiger partial charge in [0.15, 0.2) is 0 Å². The Kier molecular flexibility index (Phi) is 2.59. The zero-order chi connectivity index (χ0) is 12.7. The topological polar surface area (TPSA) is 34.2 Å². The van der Waals surface area contributed by atoms with Crippen LogP contribution in [-0.4, -0.2) is 41.6 Å². The van der Waals surface area contributed by atoms with Crippen LogP contribution in [0.1, 0.15) is 11.7 Å². The first-order chi connectivity index (χ1) is 8.70. The number of fused-ring (bicyclic) bond motifs is 1. The van der Waals surface area contributed by atoms with Gasteiger partial charge in [-0.15, -0.1) is 0 Å². The molecule has 1 atom stereocenters. The molecule has 0 spiro atoms. The van der Waals surface area contributed by atoms with E-state index in [1.807, 2.05) is 37.4 Å². The Labute approximate surface area is 106 Å². The monoisotopic (exact) mass is 244 g/mol. The van der Waals surface area contributed by atoms with Gasteiger partial charge < -0.3 is 4.74 Å². The smallest absolute Gasteiger partial charge is 0.248 e. The average molecular weight is 244 g/mol. The molecule has 0 aliphatic carbocycles. The van der Waals surface area contributed by atoms with Crippen LogP contribution in [0, 0.1) is 0 Å². The van der Waals surface area contributed by atoms with E-state index in [0.29, 0.717) is 0 Å². The Hall–Kier alpha value is -1.81. The zero-order valence-corrected chi connectivity index (χ0v) is 10.6. The minimum Gasteiger partial charge on any atom is -0.497 e. The van der Waals surface area contributed by atoms with Crippen molar-refractivity contribution in [3.8, 4) is 5.75 Å². The molecule has 0 amide bonds. The molecular weight excluding hydrogens is 228 g/mol. The summed E-state index contributed by atoms with van der Waals surface area (Å²) in [5, 5.41) is 1.03. The molecule has 1 aromatic carbocycles. The normalized spacial score (nSPS) is 16.8. The summed E-state index contributed by atoms with van der Waals surface area (Å²) in [6.45, 7) is 4.02. The van der Waals surface area contributed by atoms with Crippen molar-refractivity contribution in [2.24, 2.45) is 0 Å². The van der Waals surface area contributed by atoms with Crippen molar-refractivity contribution >= 4 is 16.8 Å². The van der Waals surface area contributed by atoms with Gasteiger partial charge in [0.2, 0.25) is 5.91 Å². The third-order valence-corrected chi connectivity index (χ3v) is 3.52. The molecule has 94 valence electrons. The first-order valence-corrected chi connectivity index (χ1v) is 6.14. The lowest BCUT2D eigenvalue weighted by molar-refractivity contribution is 0.0842. The van der Waals surface area contributed by atoms with E-state index in [1.165, 1.54) is 0 Å². The fraction of sp³-hybridized carbons (Fsp3) is 0.357. The molecule has 1 saturated heterocycles. The highest BCUT2D eigenvalue weighted by molar-refractivity contribution is 5.95. The SMILES string of the molecule is COc1ccc2c(ccn2C(=O)C(C)N2CC2)c1. The van der Waals surface area contributed by atoms with Gasteiger partial charge in [-0.05, 0) is 31.2 Å². The lowest BCUT2D eigenvalue weighted by atomic mass is 10.2. The van der Waals surface area contributed by atoms with Crippen LogP contribution in [0.4, 0.5) is 0 Å².